The van der Waals surface area contributed by atoms with E-state index in [1.807, 2.05) is 19.2 Å². The van der Waals surface area contributed by atoms with Gasteiger partial charge in [-0.05, 0) is 13.0 Å². The standard InChI is InChI=1S/C8H12N2O3/c1-2-10-4-3-7(9-10)5-13-6-8(11)12/h3-4H,2,5-6H2,1H3,(H,11,12). The average molecular weight is 184 g/mol. The Morgan fingerprint density at radius 3 is 3.08 bits per heavy atom. The molecule has 13 heavy (non-hydrogen) atoms. The van der Waals surface area contributed by atoms with E-state index in [9.17, 15) is 4.79 Å². The van der Waals surface area contributed by atoms with Crippen molar-refractivity contribution in [2.24, 2.45) is 0 Å². The second-order valence-corrected chi connectivity index (χ2v) is 2.55. The summed E-state index contributed by atoms with van der Waals surface area (Å²) in [4.78, 5) is 10.1. The maximum Gasteiger partial charge on any atom is 0.329 e. The van der Waals surface area contributed by atoms with Crippen LogP contribution in [0.25, 0.3) is 0 Å². The maximum absolute atomic E-state index is 10.1. The number of rotatable bonds is 5. The minimum Gasteiger partial charge on any atom is -0.480 e. The van der Waals surface area contributed by atoms with Crippen molar-refractivity contribution < 1.29 is 14.6 Å². The molecular formula is C8H12N2O3. The first-order valence-electron chi connectivity index (χ1n) is 4.04. The topological polar surface area (TPSA) is 64.3 Å². The SMILES string of the molecule is CCn1ccc(COCC(=O)O)n1. The molecule has 0 atom stereocenters. The summed E-state index contributed by atoms with van der Waals surface area (Å²) in [5.41, 5.74) is 0.753. The normalized spacial score (nSPS) is 10.2. The van der Waals surface area contributed by atoms with Gasteiger partial charge in [0.2, 0.25) is 0 Å². The maximum atomic E-state index is 10.1. The molecule has 1 heterocycles. The highest BCUT2D eigenvalue weighted by Crippen LogP contribution is 1.97. The van der Waals surface area contributed by atoms with Gasteiger partial charge in [-0.3, -0.25) is 4.68 Å². The monoisotopic (exact) mass is 184 g/mol. The molecule has 1 N–H and O–H groups in total. The van der Waals surface area contributed by atoms with Gasteiger partial charge in [-0.15, -0.1) is 0 Å². The predicted octanol–water partition coefficient (Wildman–Crippen LogP) is 0.504. The van der Waals surface area contributed by atoms with E-state index in [-0.39, 0.29) is 13.2 Å². The van der Waals surface area contributed by atoms with Crippen LogP contribution < -0.4 is 0 Å². The fourth-order valence-electron chi connectivity index (χ4n) is 0.900. The van der Waals surface area contributed by atoms with E-state index >= 15 is 0 Å². The molecule has 0 aliphatic carbocycles. The summed E-state index contributed by atoms with van der Waals surface area (Å²) in [6, 6.07) is 1.81. The van der Waals surface area contributed by atoms with Crippen molar-refractivity contribution in [3.05, 3.63) is 18.0 Å². The van der Waals surface area contributed by atoms with E-state index in [0.29, 0.717) is 0 Å². The van der Waals surface area contributed by atoms with Gasteiger partial charge in [0, 0.05) is 12.7 Å². The molecule has 0 fully saturated rings. The van der Waals surface area contributed by atoms with Crippen LogP contribution in [0.1, 0.15) is 12.6 Å². The number of hydrogen-bond acceptors (Lipinski definition) is 3. The van der Waals surface area contributed by atoms with Crippen LogP contribution in [0.15, 0.2) is 12.3 Å². The molecule has 0 saturated heterocycles. The highest BCUT2D eigenvalue weighted by atomic mass is 16.5. The van der Waals surface area contributed by atoms with Crippen LogP contribution in [0.3, 0.4) is 0 Å². The summed E-state index contributed by atoms with van der Waals surface area (Å²) in [6.45, 7) is 2.76. The van der Waals surface area contributed by atoms with Crippen LogP contribution in [-0.4, -0.2) is 27.5 Å². The Bertz CT molecular complexity index is 283. The van der Waals surface area contributed by atoms with E-state index in [1.165, 1.54) is 0 Å². The zero-order valence-corrected chi connectivity index (χ0v) is 7.43. The van der Waals surface area contributed by atoms with Crippen LogP contribution >= 0.6 is 0 Å². The third-order valence-corrected chi connectivity index (χ3v) is 1.50. The lowest BCUT2D eigenvalue weighted by atomic mass is 10.5. The van der Waals surface area contributed by atoms with E-state index in [1.54, 1.807) is 4.68 Å². The van der Waals surface area contributed by atoms with Crippen molar-refractivity contribution in [2.75, 3.05) is 6.61 Å². The molecule has 0 spiro atoms. The zero-order chi connectivity index (χ0) is 9.68. The molecule has 72 valence electrons. The van der Waals surface area contributed by atoms with Gasteiger partial charge < -0.3 is 9.84 Å². The lowest BCUT2D eigenvalue weighted by molar-refractivity contribution is -0.142. The quantitative estimate of drug-likeness (QED) is 0.723. The molecule has 1 aromatic rings. The molecule has 0 aliphatic rings. The Labute approximate surface area is 75.9 Å². The van der Waals surface area contributed by atoms with Gasteiger partial charge in [-0.1, -0.05) is 0 Å². The summed E-state index contributed by atoms with van der Waals surface area (Å²) >= 11 is 0. The number of aryl methyl sites for hydroxylation is 1. The lowest BCUT2D eigenvalue weighted by Crippen LogP contribution is -2.07. The van der Waals surface area contributed by atoms with Crippen LogP contribution in [-0.2, 0) is 22.7 Å². The van der Waals surface area contributed by atoms with E-state index < -0.39 is 5.97 Å². The number of ether oxygens (including phenoxy) is 1. The first-order chi connectivity index (χ1) is 6.22. The largest absolute Gasteiger partial charge is 0.480 e. The minimum atomic E-state index is -0.963. The Balaban J connectivity index is 2.32. The summed E-state index contributed by atoms with van der Waals surface area (Å²) < 4.78 is 6.63. The number of hydrogen-bond donors (Lipinski definition) is 1. The molecule has 0 amide bonds. The molecular weight excluding hydrogens is 172 g/mol. The number of carbonyl (C=O) groups is 1. The average Bonchev–Trinajstić information content (AvgIpc) is 2.52. The second kappa shape index (κ2) is 4.61. The van der Waals surface area contributed by atoms with Crippen molar-refractivity contribution in [1.29, 1.82) is 0 Å². The van der Waals surface area contributed by atoms with Crippen molar-refractivity contribution in [1.82, 2.24) is 9.78 Å². The summed E-state index contributed by atoms with van der Waals surface area (Å²) in [5, 5.41) is 12.4. The van der Waals surface area contributed by atoms with Gasteiger partial charge in [0.05, 0.1) is 12.3 Å². The molecule has 5 heteroatoms. The summed E-state index contributed by atoms with van der Waals surface area (Å²) in [5.74, 6) is -0.963. The van der Waals surface area contributed by atoms with Crippen molar-refractivity contribution >= 4 is 5.97 Å². The van der Waals surface area contributed by atoms with Gasteiger partial charge in [0.15, 0.2) is 0 Å². The molecule has 0 aromatic carbocycles. The van der Waals surface area contributed by atoms with Gasteiger partial charge in [-0.25, -0.2) is 4.79 Å². The third-order valence-electron chi connectivity index (χ3n) is 1.50. The van der Waals surface area contributed by atoms with Crippen molar-refractivity contribution in [3.8, 4) is 0 Å². The Morgan fingerprint density at radius 1 is 1.77 bits per heavy atom. The van der Waals surface area contributed by atoms with Crippen molar-refractivity contribution in [2.45, 2.75) is 20.1 Å². The molecule has 0 radical (unpaired) electrons. The Hall–Kier alpha value is -1.36. The minimum absolute atomic E-state index is 0.249. The van der Waals surface area contributed by atoms with Gasteiger partial charge in [-0.2, -0.15) is 5.10 Å². The third kappa shape index (κ3) is 3.25. The van der Waals surface area contributed by atoms with E-state index in [4.69, 9.17) is 9.84 Å². The van der Waals surface area contributed by atoms with Gasteiger partial charge in [0.1, 0.15) is 6.61 Å². The van der Waals surface area contributed by atoms with Crippen LogP contribution in [0.4, 0.5) is 0 Å². The fourth-order valence-corrected chi connectivity index (χ4v) is 0.900. The Kier molecular flexibility index (Phi) is 3.45. The second-order valence-electron chi connectivity index (χ2n) is 2.55. The zero-order valence-electron chi connectivity index (χ0n) is 7.43. The first kappa shape index (κ1) is 9.73. The molecule has 1 rings (SSSR count). The predicted molar refractivity (Wildman–Crippen MR) is 45.2 cm³/mol. The molecule has 0 unspecified atom stereocenters. The number of carboxylic acid groups (broad SMARTS) is 1. The van der Waals surface area contributed by atoms with E-state index in [2.05, 4.69) is 5.10 Å². The van der Waals surface area contributed by atoms with Gasteiger partial charge >= 0.3 is 5.97 Å². The highest BCUT2D eigenvalue weighted by Gasteiger charge is 2.00. The smallest absolute Gasteiger partial charge is 0.329 e. The van der Waals surface area contributed by atoms with E-state index in [0.717, 1.165) is 12.2 Å². The number of aromatic nitrogens is 2. The number of aliphatic carboxylic acids is 1. The molecule has 5 nitrogen and oxygen atoms in total. The molecule has 0 aliphatic heterocycles. The fraction of sp³-hybridized carbons (Fsp3) is 0.500. The van der Waals surface area contributed by atoms with Crippen LogP contribution in [0.2, 0.25) is 0 Å². The van der Waals surface area contributed by atoms with Crippen LogP contribution in [0, 0.1) is 0 Å². The first-order valence-corrected chi connectivity index (χ1v) is 4.04. The molecule has 1 aromatic heterocycles. The number of nitrogens with zero attached hydrogens (tertiary/aromatic N) is 2. The Morgan fingerprint density at radius 2 is 2.54 bits per heavy atom. The highest BCUT2D eigenvalue weighted by molar-refractivity contribution is 5.67. The molecule has 0 bridgehead atoms. The molecule has 0 saturated carbocycles. The van der Waals surface area contributed by atoms with Crippen molar-refractivity contribution in [3.63, 3.8) is 0 Å². The number of carboxylic acids is 1. The summed E-state index contributed by atoms with van der Waals surface area (Å²) in [7, 11) is 0. The van der Waals surface area contributed by atoms with Gasteiger partial charge in [0.25, 0.3) is 0 Å². The lowest BCUT2D eigenvalue weighted by Gasteiger charge is -1.97. The summed E-state index contributed by atoms with van der Waals surface area (Å²) in [6.07, 6.45) is 1.83. The van der Waals surface area contributed by atoms with Crippen LogP contribution in [0.5, 0.6) is 0 Å².